The van der Waals surface area contributed by atoms with Crippen LogP contribution in [0.2, 0.25) is 0 Å². The second-order valence-electron chi connectivity index (χ2n) is 9.20. The normalized spacial score (nSPS) is 20.0. The Kier molecular flexibility index (Phi) is 3.75. The van der Waals surface area contributed by atoms with Gasteiger partial charge < -0.3 is 4.42 Å². The van der Waals surface area contributed by atoms with E-state index in [1.54, 1.807) is 6.26 Å². The number of hydrogen-bond acceptors (Lipinski definition) is 1. The Balaban J connectivity index is 1.92. The quantitative estimate of drug-likeness (QED) is 0.285. The van der Waals surface area contributed by atoms with Crippen molar-refractivity contribution in [2.75, 3.05) is 0 Å². The van der Waals surface area contributed by atoms with Gasteiger partial charge in [-0.1, -0.05) is 40.8 Å². The van der Waals surface area contributed by atoms with Crippen LogP contribution in [0.25, 0.3) is 28.0 Å². The van der Waals surface area contributed by atoms with Crippen LogP contribution >= 0.6 is 9.24 Å². The topological polar surface area (TPSA) is 21.9 Å². The Hall–Kier alpha value is -2.38. The standard InChI is InChI=1S/C25H28N2OP/c1-15-13-16(2)22(17(3)14-15)26-10-11-27-23(26)19-7-8-20-18(9-12-28-20)21(19)24(4,5)25(27,6)29/h7-14H,29H2,1-6H3/q+1/t25-/m0/s1. The van der Waals surface area contributed by atoms with E-state index < -0.39 is 0 Å². The van der Waals surface area contributed by atoms with Gasteiger partial charge in [0.2, 0.25) is 0 Å². The first-order valence-electron chi connectivity index (χ1n) is 10.2. The molecular weight excluding hydrogens is 375 g/mol. The van der Waals surface area contributed by atoms with Gasteiger partial charge in [0.05, 0.1) is 11.8 Å². The van der Waals surface area contributed by atoms with Crippen LogP contribution < -0.4 is 4.57 Å². The molecular formula is C25H28N2OP+. The molecule has 0 bridgehead atoms. The SMILES string of the molecule is Cc1cc(C)c(-n2cc[n+]3c2-c2ccc4occc4c2C(C)(C)[C@]3(C)P)c(C)c1. The average molecular weight is 403 g/mol. The van der Waals surface area contributed by atoms with Gasteiger partial charge in [0.1, 0.15) is 28.9 Å². The van der Waals surface area contributed by atoms with E-state index in [-0.39, 0.29) is 10.7 Å². The van der Waals surface area contributed by atoms with Crippen LogP contribution in [0, 0.1) is 20.8 Å². The van der Waals surface area contributed by atoms with Crippen molar-refractivity contribution in [3.63, 3.8) is 0 Å². The summed E-state index contributed by atoms with van der Waals surface area (Å²) in [5.74, 6) is 1.22. The summed E-state index contributed by atoms with van der Waals surface area (Å²) in [5, 5.41) is 1.02. The van der Waals surface area contributed by atoms with Gasteiger partial charge in [-0.3, -0.25) is 0 Å². The molecule has 2 atom stereocenters. The third kappa shape index (κ3) is 2.31. The molecule has 4 heteroatoms. The zero-order valence-electron chi connectivity index (χ0n) is 18.0. The van der Waals surface area contributed by atoms with E-state index in [2.05, 4.69) is 103 Å². The Morgan fingerprint density at radius 1 is 1.00 bits per heavy atom. The van der Waals surface area contributed by atoms with Gasteiger partial charge in [-0.05, 0) is 62.6 Å². The molecule has 148 valence electrons. The summed E-state index contributed by atoms with van der Waals surface area (Å²) in [7, 11) is 3.13. The van der Waals surface area contributed by atoms with E-state index in [0.717, 1.165) is 5.58 Å². The van der Waals surface area contributed by atoms with E-state index in [9.17, 15) is 0 Å². The lowest BCUT2D eigenvalue weighted by Crippen LogP contribution is -2.63. The monoisotopic (exact) mass is 403 g/mol. The number of imidazole rings is 1. The summed E-state index contributed by atoms with van der Waals surface area (Å²) < 4.78 is 10.5. The maximum Gasteiger partial charge on any atom is 0.295 e. The molecule has 0 N–H and O–H groups in total. The van der Waals surface area contributed by atoms with Crippen molar-refractivity contribution in [1.29, 1.82) is 0 Å². The fourth-order valence-corrected chi connectivity index (χ4v) is 5.57. The summed E-state index contributed by atoms with van der Waals surface area (Å²) in [6.07, 6.45) is 6.25. The molecule has 2 aromatic carbocycles. The minimum absolute atomic E-state index is 0.0996. The molecule has 3 nitrogen and oxygen atoms in total. The number of aromatic nitrogens is 2. The van der Waals surface area contributed by atoms with Gasteiger partial charge in [0.15, 0.2) is 0 Å². The molecule has 1 aliphatic rings. The van der Waals surface area contributed by atoms with Crippen molar-refractivity contribution in [3.05, 3.63) is 71.2 Å². The van der Waals surface area contributed by atoms with Crippen LogP contribution in [0.1, 0.15) is 43.0 Å². The van der Waals surface area contributed by atoms with Gasteiger partial charge >= 0.3 is 0 Å². The summed E-state index contributed by atoms with van der Waals surface area (Å²) in [6, 6.07) is 11.0. The molecule has 0 saturated carbocycles. The van der Waals surface area contributed by atoms with Crippen LogP contribution in [0.3, 0.4) is 0 Å². The Morgan fingerprint density at radius 3 is 2.38 bits per heavy atom. The maximum absolute atomic E-state index is 5.76. The number of rotatable bonds is 1. The van der Waals surface area contributed by atoms with Crippen LogP contribution in [0.4, 0.5) is 0 Å². The van der Waals surface area contributed by atoms with E-state index in [1.807, 2.05) is 0 Å². The van der Waals surface area contributed by atoms with Crippen molar-refractivity contribution in [3.8, 4) is 17.1 Å². The highest BCUT2D eigenvalue weighted by Gasteiger charge is 2.52. The predicted octanol–water partition coefficient (Wildman–Crippen LogP) is 5.94. The predicted molar refractivity (Wildman–Crippen MR) is 122 cm³/mol. The summed E-state index contributed by atoms with van der Waals surface area (Å²) in [4.78, 5) is 0. The number of benzene rings is 2. The van der Waals surface area contributed by atoms with Gasteiger partial charge in [-0.2, -0.15) is 4.57 Å². The van der Waals surface area contributed by atoms with E-state index >= 15 is 0 Å². The Morgan fingerprint density at radius 2 is 1.69 bits per heavy atom. The van der Waals surface area contributed by atoms with Gasteiger partial charge in [-0.25, -0.2) is 4.57 Å². The first kappa shape index (κ1) is 18.6. The fraction of sp³-hybridized carbons (Fsp3) is 0.320. The molecule has 1 unspecified atom stereocenters. The van der Waals surface area contributed by atoms with E-state index in [0.29, 0.717) is 0 Å². The van der Waals surface area contributed by atoms with Crippen molar-refractivity contribution in [2.45, 2.75) is 52.2 Å². The fourth-order valence-electron chi connectivity index (χ4n) is 5.22. The lowest BCUT2D eigenvalue weighted by molar-refractivity contribution is -0.735. The number of hydrogen-bond donors (Lipinski definition) is 0. The lowest BCUT2D eigenvalue weighted by atomic mass is 9.71. The molecule has 0 radical (unpaired) electrons. The van der Waals surface area contributed by atoms with Crippen LogP contribution in [0.5, 0.6) is 0 Å². The van der Waals surface area contributed by atoms with Crippen LogP contribution in [-0.4, -0.2) is 4.57 Å². The lowest BCUT2D eigenvalue weighted by Gasteiger charge is -2.44. The van der Waals surface area contributed by atoms with E-state index in [1.165, 1.54) is 44.7 Å². The molecule has 5 rings (SSSR count). The molecule has 1 aliphatic heterocycles. The van der Waals surface area contributed by atoms with Gasteiger partial charge in [-0.15, -0.1) is 0 Å². The first-order chi connectivity index (χ1) is 13.6. The molecule has 2 aromatic heterocycles. The number of fused-ring (bicyclic) bond motifs is 5. The highest BCUT2D eigenvalue weighted by molar-refractivity contribution is 7.17. The molecule has 0 fully saturated rings. The average Bonchev–Trinajstić information content (AvgIpc) is 3.25. The number of furan rings is 1. The summed E-state index contributed by atoms with van der Waals surface area (Å²) in [6.45, 7) is 13.6. The van der Waals surface area contributed by atoms with Crippen LogP contribution in [0.15, 0.2) is 53.4 Å². The second kappa shape index (κ2) is 5.83. The largest absolute Gasteiger partial charge is 0.464 e. The minimum Gasteiger partial charge on any atom is -0.464 e. The summed E-state index contributed by atoms with van der Waals surface area (Å²) >= 11 is 0. The Bertz CT molecular complexity index is 1270. The van der Waals surface area contributed by atoms with Gasteiger partial charge in [0, 0.05) is 10.8 Å². The summed E-state index contributed by atoms with van der Waals surface area (Å²) in [5.41, 5.74) is 8.63. The first-order valence-corrected chi connectivity index (χ1v) is 10.7. The van der Waals surface area contributed by atoms with E-state index in [4.69, 9.17) is 4.42 Å². The second-order valence-corrected chi connectivity index (χ2v) is 10.3. The zero-order chi connectivity index (χ0) is 20.7. The zero-order valence-corrected chi connectivity index (χ0v) is 19.2. The number of nitrogens with zero attached hydrogens (tertiary/aromatic N) is 2. The highest BCUT2D eigenvalue weighted by Crippen LogP contribution is 2.51. The van der Waals surface area contributed by atoms with Gasteiger partial charge in [0.25, 0.3) is 5.82 Å². The molecule has 0 saturated heterocycles. The molecule has 3 heterocycles. The minimum atomic E-state index is -0.182. The maximum atomic E-state index is 5.76. The molecule has 0 aliphatic carbocycles. The Labute approximate surface area is 174 Å². The van der Waals surface area contributed by atoms with Crippen molar-refractivity contribution in [2.24, 2.45) is 0 Å². The molecule has 4 aromatic rings. The van der Waals surface area contributed by atoms with Crippen molar-refractivity contribution >= 4 is 20.2 Å². The molecule has 0 amide bonds. The molecule has 29 heavy (non-hydrogen) atoms. The third-order valence-electron chi connectivity index (χ3n) is 6.96. The van der Waals surface area contributed by atoms with Crippen molar-refractivity contribution < 1.29 is 8.98 Å². The van der Waals surface area contributed by atoms with Crippen molar-refractivity contribution in [1.82, 2.24) is 4.57 Å². The van der Waals surface area contributed by atoms with Crippen LogP contribution in [-0.2, 0) is 10.7 Å². The number of aryl methyl sites for hydroxylation is 3. The smallest absolute Gasteiger partial charge is 0.295 e. The molecule has 0 spiro atoms. The third-order valence-corrected chi connectivity index (χ3v) is 7.96. The highest BCUT2D eigenvalue weighted by atomic mass is 31.0.